The summed E-state index contributed by atoms with van der Waals surface area (Å²) < 4.78 is 2.10. The predicted octanol–water partition coefficient (Wildman–Crippen LogP) is 3.18. The lowest BCUT2D eigenvalue weighted by Crippen LogP contribution is -2.49. The van der Waals surface area contributed by atoms with E-state index in [1.54, 1.807) is 6.92 Å². The number of nitrogens with two attached hydrogens (primary N) is 1. The number of para-hydroxylation sites is 2. The van der Waals surface area contributed by atoms with Crippen molar-refractivity contribution in [3.63, 3.8) is 0 Å². The Morgan fingerprint density at radius 2 is 1.73 bits per heavy atom. The molecule has 1 heterocycles. The SMILES string of the molecule is Cc1nc2ccccc2n1CCNC(=O)C(C)(N)c1ccccc1.Cl.Cl. The lowest BCUT2D eigenvalue weighted by Gasteiger charge is -2.24. The molecule has 0 aliphatic carbocycles. The summed E-state index contributed by atoms with van der Waals surface area (Å²) in [4.78, 5) is 17.0. The minimum absolute atomic E-state index is 0. The van der Waals surface area contributed by atoms with E-state index in [0.29, 0.717) is 13.1 Å². The first kappa shape index (κ1) is 22.0. The first-order valence-corrected chi connectivity index (χ1v) is 8.05. The Morgan fingerprint density at radius 3 is 2.42 bits per heavy atom. The number of fused-ring (bicyclic) bond motifs is 1. The Kier molecular flexibility index (Phi) is 7.63. The van der Waals surface area contributed by atoms with Gasteiger partial charge >= 0.3 is 0 Å². The topological polar surface area (TPSA) is 72.9 Å². The molecular formula is C19H24Cl2N4O. The van der Waals surface area contributed by atoms with E-state index in [0.717, 1.165) is 22.4 Å². The monoisotopic (exact) mass is 394 g/mol. The summed E-state index contributed by atoms with van der Waals surface area (Å²) in [5.41, 5.74) is 8.02. The van der Waals surface area contributed by atoms with E-state index in [1.165, 1.54) is 0 Å². The summed E-state index contributed by atoms with van der Waals surface area (Å²) in [5, 5.41) is 2.94. The van der Waals surface area contributed by atoms with Gasteiger partial charge in [0.2, 0.25) is 5.91 Å². The second-order valence-electron chi connectivity index (χ2n) is 6.12. The van der Waals surface area contributed by atoms with Crippen molar-refractivity contribution in [2.24, 2.45) is 5.73 Å². The number of nitrogens with zero attached hydrogens (tertiary/aromatic N) is 2. The molecule has 0 aliphatic heterocycles. The summed E-state index contributed by atoms with van der Waals surface area (Å²) >= 11 is 0. The van der Waals surface area contributed by atoms with Gasteiger partial charge in [-0.15, -0.1) is 24.8 Å². The molecule has 7 heteroatoms. The van der Waals surface area contributed by atoms with Crippen molar-refractivity contribution in [3.8, 4) is 0 Å². The molecule has 0 saturated carbocycles. The maximum absolute atomic E-state index is 12.5. The molecule has 5 nitrogen and oxygen atoms in total. The van der Waals surface area contributed by atoms with Crippen LogP contribution < -0.4 is 11.1 Å². The van der Waals surface area contributed by atoms with Crippen molar-refractivity contribution in [3.05, 3.63) is 66.0 Å². The predicted molar refractivity (Wildman–Crippen MR) is 110 cm³/mol. The highest BCUT2D eigenvalue weighted by molar-refractivity contribution is 5.87. The Morgan fingerprint density at radius 1 is 1.12 bits per heavy atom. The van der Waals surface area contributed by atoms with Gasteiger partial charge in [-0.1, -0.05) is 42.5 Å². The van der Waals surface area contributed by atoms with Gasteiger partial charge < -0.3 is 15.6 Å². The van der Waals surface area contributed by atoms with Gasteiger partial charge in [0, 0.05) is 13.1 Å². The van der Waals surface area contributed by atoms with Crippen molar-refractivity contribution in [1.29, 1.82) is 0 Å². The molecule has 0 fully saturated rings. The number of imidazole rings is 1. The zero-order valence-corrected chi connectivity index (χ0v) is 16.4. The number of aromatic nitrogens is 2. The first-order valence-electron chi connectivity index (χ1n) is 8.05. The highest BCUT2D eigenvalue weighted by Crippen LogP contribution is 2.18. The van der Waals surface area contributed by atoms with Crippen LogP contribution in [0, 0.1) is 6.92 Å². The summed E-state index contributed by atoms with van der Waals surface area (Å²) in [5.74, 6) is 0.750. The van der Waals surface area contributed by atoms with Crippen LogP contribution in [0.5, 0.6) is 0 Å². The zero-order valence-electron chi connectivity index (χ0n) is 14.8. The number of hydrogen-bond donors (Lipinski definition) is 2. The molecule has 26 heavy (non-hydrogen) atoms. The van der Waals surface area contributed by atoms with Crippen LogP contribution in [-0.4, -0.2) is 22.0 Å². The number of halogens is 2. The van der Waals surface area contributed by atoms with Gasteiger partial charge in [-0.25, -0.2) is 4.98 Å². The Hall–Kier alpha value is -2.08. The third-order valence-corrected chi connectivity index (χ3v) is 4.31. The normalized spacial score (nSPS) is 12.6. The minimum Gasteiger partial charge on any atom is -0.352 e. The minimum atomic E-state index is -1.05. The third kappa shape index (κ3) is 4.36. The quantitative estimate of drug-likeness (QED) is 0.697. The van der Waals surface area contributed by atoms with Gasteiger partial charge in [-0.05, 0) is 31.5 Å². The number of benzene rings is 2. The van der Waals surface area contributed by atoms with Crippen LogP contribution in [0.25, 0.3) is 11.0 Å². The lowest BCUT2D eigenvalue weighted by atomic mass is 9.92. The van der Waals surface area contributed by atoms with Crippen molar-refractivity contribution < 1.29 is 4.79 Å². The number of hydrogen-bond acceptors (Lipinski definition) is 3. The molecule has 3 N–H and O–H groups in total. The number of amides is 1. The Bertz CT molecular complexity index is 862. The fourth-order valence-corrected chi connectivity index (χ4v) is 2.86. The largest absolute Gasteiger partial charge is 0.352 e. The maximum atomic E-state index is 12.5. The van der Waals surface area contributed by atoms with Crippen molar-refractivity contribution in [2.45, 2.75) is 25.9 Å². The fourth-order valence-electron chi connectivity index (χ4n) is 2.86. The summed E-state index contributed by atoms with van der Waals surface area (Å²) in [6, 6.07) is 17.4. The van der Waals surface area contributed by atoms with E-state index < -0.39 is 5.54 Å². The fraction of sp³-hybridized carbons (Fsp3) is 0.263. The van der Waals surface area contributed by atoms with Gasteiger partial charge in [-0.2, -0.15) is 0 Å². The van der Waals surface area contributed by atoms with Crippen LogP contribution in [0.3, 0.4) is 0 Å². The molecule has 0 spiro atoms. The molecule has 1 aromatic heterocycles. The number of aryl methyl sites for hydroxylation is 1. The van der Waals surface area contributed by atoms with E-state index >= 15 is 0 Å². The van der Waals surface area contributed by atoms with Crippen LogP contribution in [-0.2, 0) is 16.9 Å². The second-order valence-corrected chi connectivity index (χ2v) is 6.12. The molecule has 0 saturated heterocycles. The summed E-state index contributed by atoms with van der Waals surface area (Å²) in [6.45, 7) is 4.86. The molecule has 1 atom stereocenters. The van der Waals surface area contributed by atoms with E-state index in [2.05, 4.69) is 14.9 Å². The smallest absolute Gasteiger partial charge is 0.244 e. The molecule has 2 aromatic carbocycles. The molecule has 3 aromatic rings. The van der Waals surface area contributed by atoms with Crippen molar-refractivity contribution >= 4 is 41.8 Å². The molecule has 0 aliphatic rings. The Labute approximate surface area is 165 Å². The number of carbonyl (C=O) groups is 1. The van der Waals surface area contributed by atoms with Crippen LogP contribution in [0.2, 0.25) is 0 Å². The molecule has 3 rings (SSSR count). The van der Waals surface area contributed by atoms with Crippen molar-refractivity contribution in [1.82, 2.24) is 14.9 Å². The van der Waals surface area contributed by atoms with Crippen LogP contribution >= 0.6 is 24.8 Å². The highest BCUT2D eigenvalue weighted by Gasteiger charge is 2.29. The average molecular weight is 395 g/mol. The van der Waals surface area contributed by atoms with Crippen LogP contribution in [0.1, 0.15) is 18.3 Å². The molecule has 140 valence electrons. The van der Waals surface area contributed by atoms with Gasteiger partial charge in [0.15, 0.2) is 0 Å². The van der Waals surface area contributed by atoms with Gasteiger partial charge in [-0.3, -0.25) is 4.79 Å². The van der Waals surface area contributed by atoms with Crippen LogP contribution in [0.15, 0.2) is 54.6 Å². The maximum Gasteiger partial charge on any atom is 0.244 e. The lowest BCUT2D eigenvalue weighted by molar-refractivity contribution is -0.126. The van der Waals surface area contributed by atoms with Gasteiger partial charge in [0.1, 0.15) is 11.4 Å². The zero-order chi connectivity index (χ0) is 17.2. The molecule has 1 amide bonds. The second kappa shape index (κ2) is 9.03. The van der Waals surface area contributed by atoms with E-state index in [4.69, 9.17) is 5.73 Å². The number of carbonyl (C=O) groups excluding carboxylic acids is 1. The third-order valence-electron chi connectivity index (χ3n) is 4.31. The summed E-state index contributed by atoms with van der Waals surface area (Å²) in [6.07, 6.45) is 0. The van der Waals surface area contributed by atoms with E-state index in [-0.39, 0.29) is 30.7 Å². The van der Waals surface area contributed by atoms with E-state index in [1.807, 2.05) is 61.5 Å². The van der Waals surface area contributed by atoms with Gasteiger partial charge in [0.25, 0.3) is 0 Å². The highest BCUT2D eigenvalue weighted by atomic mass is 35.5. The van der Waals surface area contributed by atoms with Crippen molar-refractivity contribution in [2.75, 3.05) is 6.54 Å². The molecule has 0 radical (unpaired) electrons. The molecule has 0 bridgehead atoms. The van der Waals surface area contributed by atoms with Gasteiger partial charge in [0.05, 0.1) is 11.0 Å². The standard InChI is InChI=1S/C19H22N4O.2ClH/c1-14-22-16-10-6-7-11-17(16)23(14)13-12-21-18(24)19(2,20)15-8-4-3-5-9-15;;/h3-11H,12-13,20H2,1-2H3,(H,21,24);2*1H. The molecule has 1 unspecified atom stereocenters. The Balaban J connectivity index is 0.00000169. The first-order chi connectivity index (χ1) is 11.5. The summed E-state index contributed by atoms with van der Waals surface area (Å²) in [7, 11) is 0. The van der Waals surface area contributed by atoms with Crippen LogP contribution in [0.4, 0.5) is 0 Å². The number of rotatable bonds is 5. The van der Waals surface area contributed by atoms with E-state index in [9.17, 15) is 4.79 Å². The average Bonchev–Trinajstić information content (AvgIpc) is 2.91. The number of nitrogens with one attached hydrogen (secondary N) is 1. The molecular weight excluding hydrogens is 371 g/mol.